The topological polar surface area (TPSA) is 35.2 Å². The largest absolute Gasteiger partial charge is 0.496 e. The molecule has 2 rings (SSSR count). The quantitative estimate of drug-likeness (QED) is 0.917. The zero-order chi connectivity index (χ0) is 13.8. The van der Waals surface area contributed by atoms with Crippen molar-refractivity contribution in [2.24, 2.45) is 5.73 Å². The van der Waals surface area contributed by atoms with Gasteiger partial charge in [-0.15, -0.1) is 0 Å². The fourth-order valence-corrected chi connectivity index (χ4v) is 2.31. The van der Waals surface area contributed by atoms with Crippen LogP contribution in [0.2, 0.25) is 5.02 Å². The highest BCUT2D eigenvalue weighted by atomic mass is 35.5. The van der Waals surface area contributed by atoms with Gasteiger partial charge in [0.2, 0.25) is 0 Å². The predicted octanol–water partition coefficient (Wildman–Crippen LogP) is 3.96. The molecule has 0 aliphatic carbocycles. The van der Waals surface area contributed by atoms with Gasteiger partial charge in [0.1, 0.15) is 5.75 Å². The Bertz CT molecular complexity index is 568. The fourth-order valence-electron chi connectivity index (χ4n) is 2.13. The van der Waals surface area contributed by atoms with Gasteiger partial charge in [-0.05, 0) is 35.7 Å². The van der Waals surface area contributed by atoms with Gasteiger partial charge in [0.05, 0.1) is 13.2 Å². The Kier molecular flexibility index (Phi) is 4.46. The standard InChI is InChI=1S/C16H18ClNO/c1-3-11-5-4-6-12(9-11)16(18)14-10-13(17)7-8-15(14)19-2/h4-10,16H,3,18H2,1-2H3. The molecule has 2 nitrogen and oxygen atoms in total. The molecule has 1 atom stereocenters. The van der Waals surface area contributed by atoms with Crippen molar-refractivity contribution < 1.29 is 4.74 Å². The van der Waals surface area contributed by atoms with Crippen LogP contribution in [-0.4, -0.2) is 7.11 Å². The highest BCUT2D eigenvalue weighted by Gasteiger charge is 2.14. The second kappa shape index (κ2) is 6.09. The summed E-state index contributed by atoms with van der Waals surface area (Å²) in [6, 6.07) is 13.6. The summed E-state index contributed by atoms with van der Waals surface area (Å²) in [6.07, 6.45) is 0.993. The Balaban J connectivity index is 2.42. The van der Waals surface area contributed by atoms with Crippen molar-refractivity contribution in [2.75, 3.05) is 7.11 Å². The van der Waals surface area contributed by atoms with Gasteiger partial charge in [0, 0.05) is 10.6 Å². The highest BCUT2D eigenvalue weighted by Crippen LogP contribution is 2.31. The van der Waals surface area contributed by atoms with Gasteiger partial charge in [-0.3, -0.25) is 0 Å². The molecule has 0 aromatic heterocycles. The van der Waals surface area contributed by atoms with Crippen LogP contribution >= 0.6 is 11.6 Å². The number of nitrogens with two attached hydrogens (primary N) is 1. The third-order valence-electron chi connectivity index (χ3n) is 3.25. The molecule has 3 heteroatoms. The van der Waals surface area contributed by atoms with Crippen LogP contribution in [0.5, 0.6) is 5.75 Å². The summed E-state index contributed by atoms with van der Waals surface area (Å²) in [5.74, 6) is 0.763. The van der Waals surface area contributed by atoms with E-state index in [1.54, 1.807) is 13.2 Å². The van der Waals surface area contributed by atoms with Crippen molar-refractivity contribution in [2.45, 2.75) is 19.4 Å². The lowest BCUT2D eigenvalue weighted by Crippen LogP contribution is -2.13. The van der Waals surface area contributed by atoms with Crippen LogP contribution in [0.3, 0.4) is 0 Å². The van der Waals surface area contributed by atoms with Crippen LogP contribution in [0.4, 0.5) is 0 Å². The Morgan fingerprint density at radius 1 is 1.21 bits per heavy atom. The molecule has 0 bridgehead atoms. The van der Waals surface area contributed by atoms with Gasteiger partial charge in [-0.25, -0.2) is 0 Å². The molecular weight excluding hydrogens is 258 g/mol. The van der Waals surface area contributed by atoms with E-state index >= 15 is 0 Å². The van der Waals surface area contributed by atoms with Crippen LogP contribution < -0.4 is 10.5 Å². The molecule has 100 valence electrons. The van der Waals surface area contributed by atoms with Crippen LogP contribution in [0, 0.1) is 0 Å². The molecule has 0 saturated heterocycles. The Morgan fingerprint density at radius 3 is 2.68 bits per heavy atom. The Morgan fingerprint density at radius 2 is 2.00 bits per heavy atom. The molecule has 0 amide bonds. The van der Waals surface area contributed by atoms with E-state index in [1.165, 1.54) is 5.56 Å². The maximum Gasteiger partial charge on any atom is 0.124 e. The SMILES string of the molecule is CCc1cccc(C(N)c2cc(Cl)ccc2OC)c1. The summed E-state index contributed by atoms with van der Waals surface area (Å²) in [5, 5.41) is 0.665. The molecule has 2 aromatic rings. The van der Waals surface area contributed by atoms with Gasteiger partial charge in [0.25, 0.3) is 0 Å². The number of aryl methyl sites for hydroxylation is 1. The van der Waals surface area contributed by atoms with E-state index in [1.807, 2.05) is 24.3 Å². The average molecular weight is 276 g/mol. The number of methoxy groups -OCH3 is 1. The molecule has 0 spiro atoms. The van der Waals surface area contributed by atoms with Crippen LogP contribution in [0.15, 0.2) is 42.5 Å². The molecule has 1 unspecified atom stereocenters. The smallest absolute Gasteiger partial charge is 0.124 e. The monoisotopic (exact) mass is 275 g/mol. The van der Waals surface area contributed by atoms with Crippen molar-refractivity contribution in [3.05, 3.63) is 64.2 Å². The second-order valence-electron chi connectivity index (χ2n) is 4.46. The molecule has 0 radical (unpaired) electrons. The lowest BCUT2D eigenvalue weighted by atomic mass is 9.96. The van der Waals surface area contributed by atoms with Gasteiger partial charge in [-0.1, -0.05) is 42.8 Å². The predicted molar refractivity (Wildman–Crippen MR) is 79.9 cm³/mol. The van der Waals surface area contributed by atoms with Crippen LogP contribution in [-0.2, 0) is 6.42 Å². The van der Waals surface area contributed by atoms with E-state index in [-0.39, 0.29) is 6.04 Å². The van der Waals surface area contributed by atoms with E-state index in [0.717, 1.165) is 23.3 Å². The van der Waals surface area contributed by atoms with E-state index in [2.05, 4.69) is 19.1 Å². The minimum atomic E-state index is -0.236. The lowest BCUT2D eigenvalue weighted by molar-refractivity contribution is 0.408. The normalized spacial score (nSPS) is 12.2. The number of ether oxygens (including phenoxy) is 1. The third-order valence-corrected chi connectivity index (χ3v) is 3.48. The van der Waals surface area contributed by atoms with Crippen molar-refractivity contribution in [3.63, 3.8) is 0 Å². The molecule has 2 aromatic carbocycles. The molecule has 19 heavy (non-hydrogen) atoms. The van der Waals surface area contributed by atoms with Crippen molar-refractivity contribution in [1.29, 1.82) is 0 Å². The van der Waals surface area contributed by atoms with Crippen molar-refractivity contribution in [3.8, 4) is 5.75 Å². The zero-order valence-electron chi connectivity index (χ0n) is 11.2. The van der Waals surface area contributed by atoms with Gasteiger partial charge in [0.15, 0.2) is 0 Å². The Labute approximate surface area is 119 Å². The number of rotatable bonds is 4. The van der Waals surface area contributed by atoms with Crippen LogP contribution in [0.25, 0.3) is 0 Å². The summed E-state index contributed by atoms with van der Waals surface area (Å²) >= 11 is 6.05. The zero-order valence-corrected chi connectivity index (χ0v) is 11.9. The fraction of sp³-hybridized carbons (Fsp3) is 0.250. The summed E-state index contributed by atoms with van der Waals surface area (Å²) in [7, 11) is 1.64. The minimum absolute atomic E-state index is 0.236. The van der Waals surface area contributed by atoms with E-state index in [9.17, 15) is 0 Å². The number of benzene rings is 2. The average Bonchev–Trinajstić information content (AvgIpc) is 2.46. The first-order chi connectivity index (χ1) is 9.15. The second-order valence-corrected chi connectivity index (χ2v) is 4.90. The van der Waals surface area contributed by atoms with Gasteiger partial charge >= 0.3 is 0 Å². The molecule has 2 N–H and O–H groups in total. The summed E-state index contributed by atoms with van der Waals surface area (Å²) < 4.78 is 5.36. The van der Waals surface area contributed by atoms with Crippen molar-refractivity contribution >= 4 is 11.6 Å². The maximum absolute atomic E-state index is 6.35. The Hall–Kier alpha value is -1.51. The third kappa shape index (κ3) is 3.09. The summed E-state index contributed by atoms with van der Waals surface area (Å²) in [5.41, 5.74) is 9.59. The lowest BCUT2D eigenvalue weighted by Gasteiger charge is -2.17. The molecule has 0 aliphatic heterocycles. The number of hydrogen-bond donors (Lipinski definition) is 1. The van der Waals surface area contributed by atoms with E-state index in [4.69, 9.17) is 22.1 Å². The molecule has 0 aliphatic rings. The number of halogens is 1. The molecule has 0 heterocycles. The van der Waals surface area contributed by atoms with Gasteiger partial charge in [-0.2, -0.15) is 0 Å². The first kappa shape index (κ1) is 13.9. The summed E-state index contributed by atoms with van der Waals surface area (Å²) in [4.78, 5) is 0. The maximum atomic E-state index is 6.35. The van der Waals surface area contributed by atoms with Crippen molar-refractivity contribution in [1.82, 2.24) is 0 Å². The number of hydrogen-bond acceptors (Lipinski definition) is 2. The van der Waals surface area contributed by atoms with Gasteiger partial charge < -0.3 is 10.5 Å². The van der Waals surface area contributed by atoms with E-state index < -0.39 is 0 Å². The van der Waals surface area contributed by atoms with E-state index in [0.29, 0.717) is 5.02 Å². The molecule has 0 saturated carbocycles. The van der Waals surface area contributed by atoms with Crippen LogP contribution in [0.1, 0.15) is 29.7 Å². The molecular formula is C16H18ClNO. The first-order valence-electron chi connectivity index (χ1n) is 6.33. The highest BCUT2D eigenvalue weighted by molar-refractivity contribution is 6.30. The summed E-state index contributed by atoms with van der Waals surface area (Å²) in [6.45, 7) is 2.13. The molecule has 0 fully saturated rings. The first-order valence-corrected chi connectivity index (χ1v) is 6.71. The minimum Gasteiger partial charge on any atom is -0.496 e.